The third kappa shape index (κ3) is 7.65. The van der Waals surface area contributed by atoms with Gasteiger partial charge in [0.25, 0.3) is 0 Å². The summed E-state index contributed by atoms with van der Waals surface area (Å²) in [6, 6.07) is 13.6. The second-order valence-electron chi connectivity index (χ2n) is 8.65. The molecule has 1 aliphatic rings. The molecular formula is C27H31FN8O3. The second kappa shape index (κ2) is 13.2. The highest BCUT2D eigenvalue weighted by molar-refractivity contribution is 6.01. The van der Waals surface area contributed by atoms with Crippen molar-refractivity contribution in [1.82, 2.24) is 14.9 Å². The van der Waals surface area contributed by atoms with Crippen LogP contribution in [-0.4, -0.2) is 73.3 Å². The zero-order valence-corrected chi connectivity index (χ0v) is 21.6. The summed E-state index contributed by atoms with van der Waals surface area (Å²) in [5, 5.41) is 11.1. The lowest BCUT2D eigenvalue weighted by Crippen LogP contribution is -2.47. The number of carbonyl (C=O) groups excluding carboxylic acids is 2. The molecule has 4 rings (SSSR count). The van der Waals surface area contributed by atoms with E-state index in [0.717, 1.165) is 37.9 Å². The summed E-state index contributed by atoms with van der Waals surface area (Å²) in [6.45, 7) is 6.80. The van der Waals surface area contributed by atoms with Gasteiger partial charge in [-0.3, -0.25) is 15.0 Å². The third-order valence-corrected chi connectivity index (χ3v) is 6.04. The number of aromatic nitrogens is 2. The van der Waals surface area contributed by atoms with Gasteiger partial charge in [0.05, 0.1) is 12.8 Å². The molecule has 3 amide bonds. The maximum Gasteiger partial charge on any atom is 0.324 e. The first-order chi connectivity index (χ1) is 19.0. The predicted octanol–water partition coefficient (Wildman–Crippen LogP) is 4.09. The number of benzene rings is 2. The van der Waals surface area contributed by atoms with Crippen molar-refractivity contribution in [3.63, 3.8) is 0 Å². The highest BCUT2D eigenvalue weighted by Gasteiger charge is 2.18. The van der Waals surface area contributed by atoms with Gasteiger partial charge in [0.1, 0.15) is 18.2 Å². The smallest absolute Gasteiger partial charge is 0.324 e. The molecule has 1 aliphatic heterocycles. The van der Waals surface area contributed by atoms with Crippen LogP contribution in [0.4, 0.5) is 43.7 Å². The highest BCUT2D eigenvalue weighted by Crippen LogP contribution is 2.32. The number of piperazine rings is 1. The average Bonchev–Trinajstić information content (AvgIpc) is 2.94. The molecule has 0 radical (unpaired) electrons. The van der Waals surface area contributed by atoms with Gasteiger partial charge in [-0.2, -0.15) is 4.98 Å². The van der Waals surface area contributed by atoms with E-state index in [0.29, 0.717) is 29.4 Å². The Morgan fingerprint density at radius 1 is 1.05 bits per heavy atom. The summed E-state index contributed by atoms with van der Waals surface area (Å²) in [6.07, 6.45) is 2.69. The van der Waals surface area contributed by atoms with Crippen LogP contribution in [0.3, 0.4) is 0 Å². The molecule has 12 heteroatoms. The van der Waals surface area contributed by atoms with Crippen LogP contribution in [-0.2, 0) is 4.79 Å². The maximum atomic E-state index is 12.6. The van der Waals surface area contributed by atoms with Crippen molar-refractivity contribution in [2.24, 2.45) is 0 Å². The molecule has 0 unspecified atom stereocenters. The van der Waals surface area contributed by atoms with E-state index < -0.39 is 6.03 Å². The number of ether oxygens (including phenoxy) is 1. The molecule has 1 aromatic heterocycles. The molecule has 0 aliphatic carbocycles. The first-order valence-electron chi connectivity index (χ1n) is 12.4. The molecule has 204 valence electrons. The van der Waals surface area contributed by atoms with Gasteiger partial charge < -0.3 is 25.6 Å². The van der Waals surface area contributed by atoms with Crippen molar-refractivity contribution in [1.29, 1.82) is 0 Å². The number of hydrogen-bond donors (Lipinski definition) is 4. The lowest BCUT2D eigenvalue weighted by atomic mass is 10.2. The molecule has 1 saturated heterocycles. The van der Waals surface area contributed by atoms with Crippen molar-refractivity contribution < 1.29 is 18.7 Å². The average molecular weight is 535 g/mol. The molecule has 2 heterocycles. The normalized spacial score (nSPS) is 13.3. The number of rotatable bonds is 10. The Kier molecular flexibility index (Phi) is 9.25. The molecule has 0 spiro atoms. The van der Waals surface area contributed by atoms with E-state index >= 15 is 0 Å². The van der Waals surface area contributed by atoms with Gasteiger partial charge in [0.15, 0.2) is 0 Å². The van der Waals surface area contributed by atoms with Gasteiger partial charge in [-0.25, -0.2) is 14.2 Å². The van der Waals surface area contributed by atoms with Gasteiger partial charge in [-0.1, -0.05) is 12.6 Å². The number of nitrogens with zero attached hydrogens (tertiary/aromatic N) is 4. The number of hydrogen-bond acceptors (Lipinski definition) is 8. The lowest BCUT2D eigenvalue weighted by Gasteiger charge is -2.35. The minimum absolute atomic E-state index is 0.271. The van der Waals surface area contributed by atoms with Crippen LogP contribution in [0.2, 0.25) is 0 Å². The van der Waals surface area contributed by atoms with E-state index in [9.17, 15) is 14.0 Å². The largest absolute Gasteiger partial charge is 0.494 e. The van der Waals surface area contributed by atoms with Crippen molar-refractivity contribution in [2.75, 3.05) is 72.7 Å². The molecule has 2 aromatic carbocycles. The van der Waals surface area contributed by atoms with Crippen LogP contribution in [0.25, 0.3) is 0 Å². The third-order valence-electron chi connectivity index (χ3n) is 6.04. The molecule has 3 aromatic rings. The van der Waals surface area contributed by atoms with Crippen LogP contribution < -0.4 is 30.9 Å². The van der Waals surface area contributed by atoms with Crippen LogP contribution in [0, 0.1) is 0 Å². The van der Waals surface area contributed by atoms with E-state index in [4.69, 9.17) is 4.74 Å². The van der Waals surface area contributed by atoms with E-state index in [1.807, 2.05) is 18.2 Å². The van der Waals surface area contributed by atoms with Gasteiger partial charge >= 0.3 is 6.03 Å². The van der Waals surface area contributed by atoms with Crippen molar-refractivity contribution in [2.45, 2.75) is 0 Å². The Labute approximate surface area is 226 Å². The topological polar surface area (TPSA) is 124 Å². The highest BCUT2D eigenvalue weighted by atomic mass is 19.1. The fourth-order valence-electron chi connectivity index (χ4n) is 4.08. The minimum atomic E-state index is -0.514. The fraction of sp³-hybridized carbons (Fsp3) is 0.259. The number of alkyl halides is 1. The summed E-state index contributed by atoms with van der Waals surface area (Å²) in [5.41, 5.74) is 2.68. The monoisotopic (exact) mass is 534 g/mol. The first kappa shape index (κ1) is 27.3. The molecule has 39 heavy (non-hydrogen) atoms. The van der Waals surface area contributed by atoms with Crippen molar-refractivity contribution in [3.05, 3.63) is 67.4 Å². The first-order valence-corrected chi connectivity index (χ1v) is 12.4. The van der Waals surface area contributed by atoms with Gasteiger partial charge in [0.2, 0.25) is 11.9 Å². The quantitative estimate of drug-likeness (QED) is 0.287. The summed E-state index contributed by atoms with van der Waals surface area (Å²) in [7, 11) is 1.59. The Hall–Kier alpha value is -4.71. The molecule has 0 bridgehead atoms. The van der Waals surface area contributed by atoms with Crippen molar-refractivity contribution >= 4 is 46.5 Å². The molecule has 11 nitrogen and oxygen atoms in total. The summed E-state index contributed by atoms with van der Waals surface area (Å²) >= 11 is 0. The number of nitrogens with one attached hydrogen (secondary N) is 4. The molecule has 0 saturated carbocycles. The van der Waals surface area contributed by atoms with E-state index in [1.165, 1.54) is 6.20 Å². The van der Waals surface area contributed by atoms with Gasteiger partial charge in [-0.15, -0.1) is 0 Å². The Morgan fingerprint density at radius 3 is 2.54 bits per heavy atom. The molecule has 0 atom stereocenters. The second-order valence-corrected chi connectivity index (χ2v) is 8.65. The Bertz CT molecular complexity index is 1310. The Morgan fingerprint density at radius 2 is 1.82 bits per heavy atom. The van der Waals surface area contributed by atoms with Gasteiger partial charge in [-0.05, 0) is 42.5 Å². The fourth-order valence-corrected chi connectivity index (χ4v) is 4.08. The number of amides is 3. The van der Waals surface area contributed by atoms with Gasteiger partial charge in [0, 0.05) is 62.0 Å². The standard InChI is InChI=1S/C27H31FN8O3/c1-3-25(37)30-19-5-4-6-20(17-19)31-27(38)34-24-9-11-29-26(33-24)32-22-8-7-21(18-23(22)39-2)36-15-13-35(12-10-28)14-16-36/h3-9,11,17-18H,1,10,12-16H2,2H3,(H,30,37)(H3,29,31,32,33,34,38). The van der Waals surface area contributed by atoms with Crippen LogP contribution in [0.15, 0.2) is 67.4 Å². The Balaban J connectivity index is 1.37. The number of urea groups is 1. The lowest BCUT2D eigenvalue weighted by molar-refractivity contribution is -0.111. The number of anilines is 6. The van der Waals surface area contributed by atoms with Crippen LogP contribution in [0.1, 0.15) is 0 Å². The zero-order valence-electron chi connectivity index (χ0n) is 21.6. The number of methoxy groups -OCH3 is 1. The molecule has 4 N–H and O–H groups in total. The summed E-state index contributed by atoms with van der Waals surface area (Å²) in [4.78, 5) is 37.0. The van der Waals surface area contributed by atoms with Crippen molar-refractivity contribution in [3.8, 4) is 5.75 Å². The molecular weight excluding hydrogens is 503 g/mol. The van der Waals surface area contributed by atoms with E-state index in [2.05, 4.69) is 47.6 Å². The SMILES string of the molecule is C=CC(=O)Nc1cccc(NC(=O)Nc2ccnc(Nc3ccc(N4CCN(CCF)CC4)cc3OC)n2)c1. The summed E-state index contributed by atoms with van der Waals surface area (Å²) < 4.78 is 18.2. The minimum Gasteiger partial charge on any atom is -0.494 e. The molecule has 1 fully saturated rings. The maximum absolute atomic E-state index is 12.6. The predicted molar refractivity (Wildman–Crippen MR) is 151 cm³/mol. The number of halogens is 1. The van der Waals surface area contributed by atoms with Crippen LogP contribution in [0.5, 0.6) is 5.75 Å². The zero-order chi connectivity index (χ0) is 27.6. The van der Waals surface area contributed by atoms with Crippen LogP contribution >= 0.6 is 0 Å². The summed E-state index contributed by atoms with van der Waals surface area (Å²) in [5.74, 6) is 0.814. The number of carbonyl (C=O) groups is 2. The van der Waals surface area contributed by atoms with E-state index in [-0.39, 0.29) is 24.3 Å². The van der Waals surface area contributed by atoms with E-state index in [1.54, 1.807) is 37.4 Å².